The van der Waals surface area contributed by atoms with E-state index in [1.54, 1.807) is 30.3 Å². The van der Waals surface area contributed by atoms with Crippen molar-refractivity contribution in [2.24, 2.45) is 11.8 Å². The molecule has 0 radical (unpaired) electrons. The second-order valence-electron chi connectivity index (χ2n) is 8.54. The first kappa shape index (κ1) is 24.0. The molecule has 2 heterocycles. The van der Waals surface area contributed by atoms with Crippen LogP contribution in [-0.2, 0) is 19.1 Å². The van der Waals surface area contributed by atoms with Crippen LogP contribution < -0.4 is 10.2 Å². The largest absolute Gasteiger partial charge is 0.508 e. The van der Waals surface area contributed by atoms with Crippen molar-refractivity contribution in [1.82, 2.24) is 5.32 Å². The van der Waals surface area contributed by atoms with Crippen molar-refractivity contribution in [1.29, 1.82) is 0 Å². The van der Waals surface area contributed by atoms with Crippen molar-refractivity contribution in [3.63, 3.8) is 0 Å². The molecule has 9 heteroatoms. The number of phenols is 1. The number of ether oxygens (including phenoxy) is 1. The molecule has 2 aliphatic heterocycles. The molecule has 0 spiro atoms. The lowest BCUT2D eigenvalue weighted by Crippen LogP contribution is -2.56. The van der Waals surface area contributed by atoms with Crippen molar-refractivity contribution in [3.05, 3.63) is 59.7 Å². The summed E-state index contributed by atoms with van der Waals surface area (Å²) < 4.78 is 5.14. The van der Waals surface area contributed by atoms with Crippen LogP contribution in [0.2, 0.25) is 0 Å². The molecule has 4 rings (SSSR count). The zero-order chi connectivity index (χ0) is 24.6. The third kappa shape index (κ3) is 3.78. The Labute approximate surface area is 201 Å². The molecule has 178 valence electrons. The van der Waals surface area contributed by atoms with E-state index >= 15 is 0 Å². The number of methoxy groups -OCH3 is 1. The van der Waals surface area contributed by atoms with Gasteiger partial charge in [-0.1, -0.05) is 24.3 Å². The van der Waals surface area contributed by atoms with Gasteiger partial charge in [0.1, 0.15) is 11.3 Å². The van der Waals surface area contributed by atoms with Crippen LogP contribution in [-0.4, -0.2) is 53.3 Å². The Morgan fingerprint density at radius 3 is 2.47 bits per heavy atom. The number of anilines is 1. The number of amides is 2. The number of hydrogen-bond donors (Lipinski definition) is 2. The number of esters is 1. The van der Waals surface area contributed by atoms with Crippen molar-refractivity contribution in [3.8, 4) is 5.75 Å². The lowest BCUT2D eigenvalue weighted by Gasteiger charge is -2.32. The van der Waals surface area contributed by atoms with Gasteiger partial charge in [0.2, 0.25) is 11.8 Å². The Hall–Kier alpha value is -3.17. The first-order valence-corrected chi connectivity index (χ1v) is 12.3. The zero-order valence-electron chi connectivity index (χ0n) is 19.1. The molecule has 0 aliphatic carbocycles. The highest BCUT2D eigenvalue weighted by atomic mass is 32.2. The lowest BCUT2D eigenvalue weighted by molar-refractivity contribution is -0.152. The van der Waals surface area contributed by atoms with Crippen LogP contribution >= 0.6 is 11.8 Å². The van der Waals surface area contributed by atoms with Crippen LogP contribution in [0.25, 0.3) is 0 Å². The molecule has 2 N–H and O–H groups in total. The van der Waals surface area contributed by atoms with Crippen LogP contribution in [0.4, 0.5) is 5.69 Å². The predicted molar refractivity (Wildman–Crippen MR) is 128 cm³/mol. The third-order valence-electron chi connectivity index (χ3n) is 6.67. The standard InChI is InChI=1S/C25H26N2O6S/c1-14(28)16-5-4-6-17(13-16)27-22(30)19-20(23(27)31)25(11-12-34-3,24(32)33-2)26-21(19)15-7-9-18(29)10-8-15/h4-10,13,19-21,26,29H,11-12H2,1-3H3/t19-,20-,21-,25+/m0/s1. The van der Waals surface area contributed by atoms with E-state index in [-0.39, 0.29) is 18.0 Å². The topological polar surface area (TPSA) is 113 Å². The minimum atomic E-state index is -1.40. The minimum Gasteiger partial charge on any atom is -0.508 e. The predicted octanol–water partition coefficient (Wildman–Crippen LogP) is 2.71. The number of carbonyl (C=O) groups excluding carboxylic acids is 4. The van der Waals surface area contributed by atoms with E-state index in [0.29, 0.717) is 22.6 Å². The molecule has 0 unspecified atom stereocenters. The van der Waals surface area contributed by atoms with Gasteiger partial charge in [0.25, 0.3) is 0 Å². The highest BCUT2D eigenvalue weighted by Gasteiger charge is 2.68. The normalized spacial score (nSPS) is 26.0. The highest BCUT2D eigenvalue weighted by molar-refractivity contribution is 7.98. The molecule has 2 saturated heterocycles. The van der Waals surface area contributed by atoms with E-state index in [2.05, 4.69) is 5.32 Å². The molecule has 2 amide bonds. The third-order valence-corrected chi connectivity index (χ3v) is 7.28. The smallest absolute Gasteiger partial charge is 0.326 e. The molecule has 34 heavy (non-hydrogen) atoms. The van der Waals surface area contributed by atoms with Crippen LogP contribution in [0, 0.1) is 11.8 Å². The van der Waals surface area contributed by atoms with Gasteiger partial charge in [-0.15, -0.1) is 0 Å². The van der Waals surface area contributed by atoms with Crippen molar-refractivity contribution in [2.75, 3.05) is 24.0 Å². The highest BCUT2D eigenvalue weighted by Crippen LogP contribution is 2.51. The summed E-state index contributed by atoms with van der Waals surface area (Å²) in [7, 11) is 1.27. The van der Waals surface area contributed by atoms with Gasteiger partial charge in [-0.2, -0.15) is 11.8 Å². The summed E-state index contributed by atoms with van der Waals surface area (Å²) >= 11 is 1.52. The van der Waals surface area contributed by atoms with Crippen molar-refractivity contribution in [2.45, 2.75) is 24.9 Å². The van der Waals surface area contributed by atoms with Gasteiger partial charge in [-0.3, -0.25) is 24.5 Å². The van der Waals surface area contributed by atoms with Crippen LogP contribution in [0.15, 0.2) is 48.5 Å². The Kier molecular flexibility index (Phi) is 6.51. The summed E-state index contributed by atoms with van der Waals surface area (Å²) in [4.78, 5) is 53.8. The number of rotatable bonds is 7. The molecule has 2 aromatic rings. The van der Waals surface area contributed by atoms with E-state index < -0.39 is 41.2 Å². The molecule has 0 saturated carbocycles. The molecule has 8 nitrogen and oxygen atoms in total. The van der Waals surface area contributed by atoms with Crippen LogP contribution in [0.3, 0.4) is 0 Å². The summed E-state index contributed by atoms with van der Waals surface area (Å²) in [5.74, 6) is -2.96. The van der Waals surface area contributed by atoms with Crippen molar-refractivity contribution < 1.29 is 29.0 Å². The second kappa shape index (κ2) is 9.23. The summed E-state index contributed by atoms with van der Waals surface area (Å²) in [6.07, 6.45) is 2.19. The summed E-state index contributed by atoms with van der Waals surface area (Å²) in [6, 6.07) is 12.1. The first-order valence-electron chi connectivity index (χ1n) is 10.9. The fourth-order valence-electron chi connectivity index (χ4n) is 5.05. The average molecular weight is 483 g/mol. The quantitative estimate of drug-likeness (QED) is 0.352. The fraction of sp³-hybridized carbons (Fsp3) is 0.360. The number of imide groups is 1. The molecule has 2 aromatic carbocycles. The first-order chi connectivity index (χ1) is 16.2. The number of carbonyl (C=O) groups is 4. The number of Topliss-reactive ketones (excluding diaryl/α,β-unsaturated/α-hetero) is 1. The number of nitrogens with zero attached hydrogens (tertiary/aromatic N) is 1. The average Bonchev–Trinajstić information content (AvgIpc) is 3.31. The van der Waals surface area contributed by atoms with Gasteiger partial charge >= 0.3 is 5.97 Å². The van der Waals surface area contributed by atoms with E-state index in [4.69, 9.17) is 4.74 Å². The van der Waals surface area contributed by atoms with Gasteiger partial charge in [-0.25, -0.2) is 4.90 Å². The fourth-order valence-corrected chi connectivity index (χ4v) is 5.58. The maximum absolute atomic E-state index is 13.8. The van der Waals surface area contributed by atoms with E-state index in [1.807, 2.05) is 6.26 Å². The number of fused-ring (bicyclic) bond motifs is 1. The van der Waals surface area contributed by atoms with Gasteiger partial charge in [0.05, 0.1) is 24.6 Å². The molecule has 2 aliphatic rings. The second-order valence-corrected chi connectivity index (χ2v) is 9.53. The number of phenolic OH excluding ortho intramolecular Hbond substituents is 1. The maximum atomic E-state index is 13.8. The number of hydrogen-bond acceptors (Lipinski definition) is 8. The number of aromatic hydroxyl groups is 1. The van der Waals surface area contributed by atoms with Gasteiger partial charge in [0, 0.05) is 11.6 Å². The molecular formula is C25H26N2O6S. The van der Waals surface area contributed by atoms with E-state index in [9.17, 15) is 24.3 Å². The molecule has 2 fully saturated rings. The Balaban J connectivity index is 1.86. The summed E-state index contributed by atoms with van der Waals surface area (Å²) in [6.45, 7) is 1.41. The lowest BCUT2D eigenvalue weighted by atomic mass is 9.78. The van der Waals surface area contributed by atoms with E-state index in [1.165, 1.54) is 44.0 Å². The molecular weight excluding hydrogens is 456 g/mol. The zero-order valence-corrected chi connectivity index (χ0v) is 19.9. The summed E-state index contributed by atoms with van der Waals surface area (Å²) in [5, 5.41) is 13.0. The van der Waals surface area contributed by atoms with Crippen molar-refractivity contribution >= 4 is 41.0 Å². The monoisotopic (exact) mass is 482 g/mol. The van der Waals surface area contributed by atoms with Gasteiger partial charge in [0.15, 0.2) is 5.78 Å². The SMILES string of the molecule is COC(=O)[C@]1(CCSC)N[C@@H](c2ccc(O)cc2)[C@H]2C(=O)N(c3cccc(C(C)=O)c3)C(=O)[C@H]21. The number of thioether (sulfide) groups is 1. The Bertz CT molecular complexity index is 1150. The minimum absolute atomic E-state index is 0.0661. The van der Waals surface area contributed by atoms with Gasteiger partial charge < -0.3 is 9.84 Å². The molecule has 0 aromatic heterocycles. The summed E-state index contributed by atoms with van der Waals surface area (Å²) in [5.41, 5.74) is -0.0524. The molecule has 4 atom stereocenters. The van der Waals surface area contributed by atoms with E-state index in [0.717, 1.165) is 4.90 Å². The maximum Gasteiger partial charge on any atom is 0.326 e. The Morgan fingerprint density at radius 2 is 1.85 bits per heavy atom. The number of benzene rings is 2. The number of ketones is 1. The van der Waals surface area contributed by atoms with Gasteiger partial charge in [-0.05, 0) is 55.2 Å². The number of nitrogens with one attached hydrogen (secondary N) is 1. The molecule has 0 bridgehead atoms. The van der Waals surface area contributed by atoms with Crippen LogP contribution in [0.1, 0.15) is 35.3 Å². The van der Waals surface area contributed by atoms with Crippen LogP contribution in [0.5, 0.6) is 5.75 Å². The Morgan fingerprint density at radius 1 is 1.15 bits per heavy atom.